The molecule has 3 N–H and O–H groups in total. The van der Waals surface area contributed by atoms with Crippen LogP contribution in [0.2, 0.25) is 0 Å². The number of aliphatic carboxylic acids is 1. The highest BCUT2D eigenvalue weighted by Gasteiger charge is 2.20. The van der Waals surface area contributed by atoms with Crippen LogP contribution in [-0.2, 0) is 22.4 Å². The number of nitrogens with one attached hydrogen (secondary N) is 2. The van der Waals surface area contributed by atoms with Gasteiger partial charge in [-0.25, -0.2) is 14.8 Å². The number of carbonyl (C=O) groups is 1. The maximum Gasteiger partial charge on any atom is 0.326 e. The molecule has 1 aliphatic heterocycles. The Balaban J connectivity index is 1.48. The van der Waals surface area contributed by atoms with E-state index in [0.29, 0.717) is 18.8 Å². The summed E-state index contributed by atoms with van der Waals surface area (Å²) in [5.74, 6) is 0.760. The average molecular weight is 456 g/mol. The summed E-state index contributed by atoms with van der Waals surface area (Å²) in [6.07, 6.45) is 7.51. The van der Waals surface area contributed by atoms with E-state index in [9.17, 15) is 9.90 Å². The van der Waals surface area contributed by atoms with E-state index in [4.69, 9.17) is 9.72 Å². The van der Waals surface area contributed by atoms with E-state index >= 15 is 0 Å². The largest absolute Gasteiger partial charge is 0.480 e. The summed E-state index contributed by atoms with van der Waals surface area (Å²) in [4.78, 5) is 23.0. The van der Waals surface area contributed by atoms with Gasteiger partial charge in [-0.3, -0.25) is 0 Å². The maximum atomic E-state index is 11.8. The van der Waals surface area contributed by atoms with E-state index in [1.165, 1.54) is 12.0 Å². The van der Waals surface area contributed by atoms with Crippen molar-refractivity contribution in [3.63, 3.8) is 0 Å². The molecule has 8 heteroatoms. The summed E-state index contributed by atoms with van der Waals surface area (Å²) in [6, 6.07) is 9.10. The second kappa shape index (κ2) is 13.1. The number of methoxy groups -OCH3 is 1. The van der Waals surface area contributed by atoms with Crippen molar-refractivity contribution in [1.29, 1.82) is 0 Å². The van der Waals surface area contributed by atoms with Gasteiger partial charge in [-0.1, -0.05) is 12.1 Å². The number of unbranched alkanes of at least 4 members (excludes halogenated alkanes) is 1. The number of anilines is 2. The smallest absolute Gasteiger partial charge is 0.326 e. The molecule has 0 spiro atoms. The highest BCUT2D eigenvalue weighted by molar-refractivity contribution is 5.76. The molecule has 0 aromatic carbocycles. The highest BCUT2D eigenvalue weighted by atomic mass is 16.5. The molecule has 0 unspecified atom stereocenters. The molecular weight excluding hydrogens is 418 g/mol. The second-order valence-corrected chi connectivity index (χ2v) is 8.68. The van der Waals surface area contributed by atoms with Crippen LogP contribution in [0.1, 0.15) is 43.9 Å². The normalized spacial score (nSPS) is 14.9. The average Bonchev–Trinajstić information content (AvgIpc) is 2.84. The number of nitrogens with zero attached hydrogens (tertiary/aromatic N) is 3. The van der Waals surface area contributed by atoms with Crippen LogP contribution < -0.4 is 10.6 Å². The van der Waals surface area contributed by atoms with Crippen molar-refractivity contribution < 1.29 is 14.6 Å². The van der Waals surface area contributed by atoms with Crippen molar-refractivity contribution in [3.8, 4) is 0 Å². The lowest BCUT2D eigenvalue weighted by Crippen LogP contribution is -2.38. The lowest BCUT2D eigenvalue weighted by atomic mass is 10.1. The molecular formula is C25H37N5O3. The molecule has 0 saturated carbocycles. The van der Waals surface area contributed by atoms with E-state index in [0.717, 1.165) is 56.8 Å². The Labute approximate surface area is 196 Å². The standard InChI is InChI=1S/C25H37N5O3/c1-19(33-2)18-30(17-13-22(25(31)32)29-23-10-3-5-14-26-23)16-6-4-9-21-12-11-20-8-7-15-27-24(20)28-21/h3,5,10-12,14,19,22H,4,6-9,13,15-18H2,1-2H3,(H,26,29)(H,27,28)(H,31,32)/t19-,22+/m1/s1. The zero-order chi connectivity index (χ0) is 23.5. The van der Waals surface area contributed by atoms with Crippen LogP contribution in [0.15, 0.2) is 36.5 Å². The zero-order valence-corrected chi connectivity index (χ0v) is 19.8. The molecule has 2 aromatic heterocycles. The maximum absolute atomic E-state index is 11.8. The fraction of sp³-hybridized carbons (Fsp3) is 0.560. The Morgan fingerprint density at radius 2 is 2.15 bits per heavy atom. The molecule has 1 aliphatic rings. The number of fused-ring (bicyclic) bond motifs is 1. The number of hydrogen-bond donors (Lipinski definition) is 3. The minimum atomic E-state index is -0.868. The molecule has 3 rings (SSSR count). The summed E-state index contributed by atoms with van der Waals surface area (Å²) >= 11 is 0. The van der Waals surface area contributed by atoms with E-state index in [1.54, 1.807) is 19.4 Å². The minimum Gasteiger partial charge on any atom is -0.480 e. The summed E-state index contributed by atoms with van der Waals surface area (Å²) in [7, 11) is 1.71. The van der Waals surface area contributed by atoms with Gasteiger partial charge >= 0.3 is 5.97 Å². The lowest BCUT2D eigenvalue weighted by molar-refractivity contribution is -0.138. The van der Waals surface area contributed by atoms with Gasteiger partial charge in [0.1, 0.15) is 17.7 Å². The Hall–Kier alpha value is -2.71. The van der Waals surface area contributed by atoms with Crippen LogP contribution in [0.3, 0.4) is 0 Å². The van der Waals surface area contributed by atoms with E-state index < -0.39 is 12.0 Å². The van der Waals surface area contributed by atoms with Crippen LogP contribution in [0.4, 0.5) is 11.6 Å². The predicted molar refractivity (Wildman–Crippen MR) is 131 cm³/mol. The van der Waals surface area contributed by atoms with Crippen molar-refractivity contribution in [3.05, 3.63) is 47.8 Å². The lowest BCUT2D eigenvalue weighted by Gasteiger charge is -2.26. The summed E-state index contributed by atoms with van der Waals surface area (Å²) in [5, 5.41) is 16.1. The first-order valence-corrected chi connectivity index (χ1v) is 11.9. The fourth-order valence-electron chi connectivity index (χ4n) is 4.08. The molecule has 0 aliphatic carbocycles. The van der Waals surface area contributed by atoms with Gasteiger partial charge in [-0.15, -0.1) is 0 Å². The molecule has 0 saturated heterocycles. The van der Waals surface area contributed by atoms with E-state index in [2.05, 4.69) is 32.7 Å². The van der Waals surface area contributed by atoms with Crippen LogP contribution in [-0.4, -0.2) is 71.4 Å². The molecule has 0 amide bonds. The van der Waals surface area contributed by atoms with Crippen molar-refractivity contribution >= 4 is 17.6 Å². The molecule has 3 heterocycles. The molecule has 0 fully saturated rings. The topological polar surface area (TPSA) is 99.6 Å². The van der Waals surface area contributed by atoms with Gasteiger partial charge in [0.2, 0.25) is 0 Å². The molecule has 0 radical (unpaired) electrons. The van der Waals surface area contributed by atoms with Gasteiger partial charge in [-0.05, 0) is 75.8 Å². The molecule has 180 valence electrons. The van der Waals surface area contributed by atoms with Crippen LogP contribution in [0.5, 0.6) is 0 Å². The van der Waals surface area contributed by atoms with Gasteiger partial charge in [0.15, 0.2) is 0 Å². The van der Waals surface area contributed by atoms with Crippen molar-refractivity contribution in [2.75, 3.05) is 43.9 Å². The fourth-order valence-corrected chi connectivity index (χ4v) is 4.08. The molecule has 2 aromatic rings. The SMILES string of the molecule is CO[C@H](C)CN(CCCCc1ccc2c(n1)NCCC2)CC[C@H](Nc1ccccn1)C(=O)O. The summed E-state index contributed by atoms with van der Waals surface area (Å²) < 4.78 is 5.46. The molecule has 8 nitrogen and oxygen atoms in total. The van der Waals surface area contributed by atoms with Crippen LogP contribution >= 0.6 is 0 Å². The van der Waals surface area contributed by atoms with Crippen LogP contribution in [0.25, 0.3) is 0 Å². The van der Waals surface area contributed by atoms with Crippen molar-refractivity contribution in [1.82, 2.24) is 14.9 Å². The van der Waals surface area contributed by atoms with E-state index in [1.807, 2.05) is 19.1 Å². The van der Waals surface area contributed by atoms with Gasteiger partial charge in [-0.2, -0.15) is 0 Å². The number of rotatable bonds is 14. The summed E-state index contributed by atoms with van der Waals surface area (Å²) in [5.41, 5.74) is 2.45. The van der Waals surface area contributed by atoms with Gasteiger partial charge < -0.3 is 25.4 Å². The number of carboxylic acids is 1. The first-order valence-electron chi connectivity index (χ1n) is 11.9. The third-order valence-electron chi connectivity index (χ3n) is 6.05. The number of hydrogen-bond acceptors (Lipinski definition) is 7. The number of ether oxygens (including phenoxy) is 1. The number of aryl methyl sites for hydroxylation is 2. The molecule has 2 atom stereocenters. The zero-order valence-electron chi connectivity index (χ0n) is 19.8. The van der Waals surface area contributed by atoms with Crippen molar-refractivity contribution in [2.24, 2.45) is 0 Å². The highest BCUT2D eigenvalue weighted by Crippen LogP contribution is 2.20. The minimum absolute atomic E-state index is 0.0883. The Morgan fingerprint density at radius 1 is 1.27 bits per heavy atom. The van der Waals surface area contributed by atoms with Crippen molar-refractivity contribution in [2.45, 2.75) is 57.6 Å². The van der Waals surface area contributed by atoms with Gasteiger partial charge in [0.05, 0.1) is 6.10 Å². The second-order valence-electron chi connectivity index (χ2n) is 8.68. The number of pyridine rings is 2. The Bertz CT molecular complexity index is 864. The molecule has 0 bridgehead atoms. The van der Waals surface area contributed by atoms with Gasteiger partial charge in [0.25, 0.3) is 0 Å². The summed E-state index contributed by atoms with van der Waals surface area (Å²) in [6.45, 7) is 5.38. The first-order chi connectivity index (χ1) is 16.0. The number of aromatic nitrogens is 2. The number of carboxylic acid groups (broad SMARTS) is 1. The van der Waals surface area contributed by atoms with E-state index in [-0.39, 0.29) is 6.10 Å². The predicted octanol–water partition coefficient (Wildman–Crippen LogP) is 3.45. The third-order valence-corrected chi connectivity index (χ3v) is 6.05. The third kappa shape index (κ3) is 8.29. The van der Waals surface area contributed by atoms with Crippen LogP contribution in [0, 0.1) is 0 Å². The first kappa shape index (κ1) is 24.9. The Kier molecular flexibility index (Phi) is 9.90. The monoisotopic (exact) mass is 455 g/mol. The van der Waals surface area contributed by atoms with Gasteiger partial charge in [0, 0.05) is 38.6 Å². The molecule has 33 heavy (non-hydrogen) atoms. The Morgan fingerprint density at radius 3 is 2.91 bits per heavy atom. The quantitative estimate of drug-likeness (QED) is 0.373.